The second-order valence-corrected chi connectivity index (χ2v) is 5.54. The van der Waals surface area contributed by atoms with Crippen molar-refractivity contribution in [2.24, 2.45) is 0 Å². The number of nitrogens with zero attached hydrogens (tertiary/aromatic N) is 1. The topological polar surface area (TPSA) is 75.7 Å². The zero-order chi connectivity index (χ0) is 17.3. The van der Waals surface area contributed by atoms with E-state index < -0.39 is 17.6 Å². The molecule has 0 spiro atoms. The van der Waals surface area contributed by atoms with Gasteiger partial charge in [0.25, 0.3) is 11.7 Å². The molecule has 1 aliphatic rings. The number of carbonyl (C=O) groups is 3. The van der Waals surface area contributed by atoms with Crippen LogP contribution >= 0.6 is 11.6 Å². The number of halogens is 1. The molecule has 0 unspecified atom stereocenters. The van der Waals surface area contributed by atoms with E-state index in [0.717, 1.165) is 4.90 Å². The smallest absolute Gasteiger partial charge is 0.299 e. The van der Waals surface area contributed by atoms with Crippen LogP contribution in [0.5, 0.6) is 5.75 Å². The average Bonchev–Trinajstić information content (AvgIpc) is 2.80. The van der Waals surface area contributed by atoms with Crippen LogP contribution in [0.1, 0.15) is 10.4 Å². The monoisotopic (exact) mass is 344 g/mol. The molecule has 0 bridgehead atoms. The molecular formula is C17H13ClN2O4. The molecule has 2 aromatic carbocycles. The summed E-state index contributed by atoms with van der Waals surface area (Å²) in [6.45, 7) is -0.259. The van der Waals surface area contributed by atoms with Crippen molar-refractivity contribution in [3.8, 4) is 5.75 Å². The number of anilines is 2. The molecule has 2 aromatic rings. The highest BCUT2D eigenvalue weighted by atomic mass is 35.5. The molecule has 1 aliphatic heterocycles. The fourth-order valence-electron chi connectivity index (χ4n) is 2.49. The number of amides is 2. The summed E-state index contributed by atoms with van der Waals surface area (Å²) in [6, 6.07) is 11.4. The van der Waals surface area contributed by atoms with Gasteiger partial charge in [0, 0.05) is 5.69 Å². The van der Waals surface area contributed by atoms with E-state index in [9.17, 15) is 14.4 Å². The van der Waals surface area contributed by atoms with Gasteiger partial charge in [0.1, 0.15) is 12.3 Å². The molecule has 7 heteroatoms. The Balaban J connectivity index is 1.75. The molecule has 0 aliphatic carbocycles. The third-order valence-corrected chi connectivity index (χ3v) is 3.91. The van der Waals surface area contributed by atoms with E-state index >= 15 is 0 Å². The number of ether oxygens (including phenoxy) is 1. The highest BCUT2D eigenvalue weighted by Crippen LogP contribution is 2.29. The first kappa shape index (κ1) is 16.0. The molecule has 24 heavy (non-hydrogen) atoms. The number of ketones is 1. The molecule has 0 saturated heterocycles. The Morgan fingerprint density at radius 2 is 1.96 bits per heavy atom. The number of fused-ring (bicyclic) bond motifs is 1. The molecule has 0 aromatic heterocycles. The summed E-state index contributed by atoms with van der Waals surface area (Å²) in [7, 11) is 1.49. The Labute approximate surface area is 143 Å². The molecule has 0 radical (unpaired) electrons. The Hall–Kier alpha value is -2.86. The minimum atomic E-state index is -0.709. The van der Waals surface area contributed by atoms with Crippen LogP contribution in [0.2, 0.25) is 5.02 Å². The number of carbonyl (C=O) groups excluding carboxylic acids is 3. The number of Topliss-reactive ketones (excluding diaryl/α,β-unsaturated/α-hetero) is 1. The second-order valence-electron chi connectivity index (χ2n) is 5.14. The maximum Gasteiger partial charge on any atom is 0.299 e. The van der Waals surface area contributed by atoms with Crippen molar-refractivity contribution in [1.29, 1.82) is 0 Å². The van der Waals surface area contributed by atoms with Gasteiger partial charge in [0.15, 0.2) is 0 Å². The molecular weight excluding hydrogens is 332 g/mol. The number of hydrogen-bond donors (Lipinski definition) is 1. The number of para-hydroxylation sites is 1. The van der Waals surface area contributed by atoms with Gasteiger partial charge >= 0.3 is 0 Å². The summed E-state index contributed by atoms with van der Waals surface area (Å²) in [4.78, 5) is 37.3. The molecule has 122 valence electrons. The number of hydrogen-bond acceptors (Lipinski definition) is 4. The second kappa shape index (κ2) is 6.33. The summed E-state index contributed by atoms with van der Waals surface area (Å²) in [6.07, 6.45) is 0. The van der Waals surface area contributed by atoms with Crippen molar-refractivity contribution in [3.63, 3.8) is 0 Å². The molecule has 1 N–H and O–H groups in total. The summed E-state index contributed by atoms with van der Waals surface area (Å²) < 4.78 is 5.04. The van der Waals surface area contributed by atoms with Crippen molar-refractivity contribution < 1.29 is 19.1 Å². The zero-order valence-electron chi connectivity index (χ0n) is 12.7. The number of methoxy groups -OCH3 is 1. The fourth-order valence-corrected chi connectivity index (χ4v) is 2.75. The van der Waals surface area contributed by atoms with Crippen LogP contribution < -0.4 is 15.0 Å². The van der Waals surface area contributed by atoms with E-state index in [0.29, 0.717) is 27.7 Å². The SMILES string of the molecule is COc1ccc(NC(=O)CN2C(=O)C(=O)c3ccccc32)cc1Cl. The van der Waals surface area contributed by atoms with Crippen molar-refractivity contribution in [1.82, 2.24) is 0 Å². The maximum absolute atomic E-state index is 12.2. The van der Waals surface area contributed by atoms with Gasteiger partial charge in [-0.05, 0) is 30.3 Å². The van der Waals surface area contributed by atoms with Gasteiger partial charge in [0.2, 0.25) is 5.91 Å². The molecule has 1 heterocycles. The molecule has 0 saturated carbocycles. The van der Waals surface area contributed by atoms with Crippen molar-refractivity contribution in [2.45, 2.75) is 0 Å². The summed E-state index contributed by atoms with van der Waals surface area (Å²) in [5.74, 6) is -1.26. The minimum absolute atomic E-state index is 0.259. The normalized spacial score (nSPS) is 13.0. The lowest BCUT2D eigenvalue weighted by molar-refractivity contribution is -0.118. The van der Waals surface area contributed by atoms with Gasteiger partial charge < -0.3 is 10.1 Å². The third kappa shape index (κ3) is 2.83. The zero-order valence-corrected chi connectivity index (χ0v) is 13.5. The van der Waals surface area contributed by atoms with Gasteiger partial charge in [0.05, 0.1) is 23.4 Å². The summed E-state index contributed by atoms with van der Waals surface area (Å²) in [5, 5.41) is 3.00. The van der Waals surface area contributed by atoms with Crippen LogP contribution in [-0.2, 0) is 9.59 Å². The van der Waals surface area contributed by atoms with Gasteiger partial charge in [-0.2, -0.15) is 0 Å². The van der Waals surface area contributed by atoms with Crippen LogP contribution in [0.4, 0.5) is 11.4 Å². The minimum Gasteiger partial charge on any atom is -0.495 e. The lowest BCUT2D eigenvalue weighted by Gasteiger charge is -2.16. The number of benzene rings is 2. The predicted octanol–water partition coefficient (Wildman–Crippen LogP) is 2.52. The highest BCUT2D eigenvalue weighted by molar-refractivity contribution is 6.52. The van der Waals surface area contributed by atoms with E-state index in [2.05, 4.69) is 5.32 Å². The van der Waals surface area contributed by atoms with Crippen LogP contribution in [0.25, 0.3) is 0 Å². The Bertz CT molecular complexity index is 850. The lowest BCUT2D eigenvalue weighted by atomic mass is 10.1. The standard InChI is InChI=1S/C17H13ClN2O4/c1-24-14-7-6-10(8-12(14)18)19-15(21)9-20-13-5-3-2-4-11(13)16(22)17(20)23/h2-8H,9H2,1H3,(H,19,21). The Morgan fingerprint density at radius 3 is 2.67 bits per heavy atom. The van der Waals surface area contributed by atoms with Crippen molar-refractivity contribution in [2.75, 3.05) is 23.9 Å². The van der Waals surface area contributed by atoms with Crippen LogP contribution in [0, 0.1) is 0 Å². The van der Waals surface area contributed by atoms with Crippen LogP contribution in [-0.4, -0.2) is 31.3 Å². The molecule has 0 fully saturated rings. The number of nitrogens with one attached hydrogen (secondary N) is 1. The highest BCUT2D eigenvalue weighted by Gasteiger charge is 2.36. The predicted molar refractivity (Wildman–Crippen MR) is 89.8 cm³/mol. The van der Waals surface area contributed by atoms with Crippen LogP contribution in [0.3, 0.4) is 0 Å². The average molecular weight is 345 g/mol. The molecule has 2 amide bonds. The van der Waals surface area contributed by atoms with Crippen molar-refractivity contribution >= 4 is 40.6 Å². The van der Waals surface area contributed by atoms with E-state index in [1.54, 1.807) is 42.5 Å². The molecule has 0 atom stereocenters. The van der Waals surface area contributed by atoms with Crippen molar-refractivity contribution in [3.05, 3.63) is 53.1 Å². The molecule has 6 nitrogen and oxygen atoms in total. The Morgan fingerprint density at radius 1 is 1.21 bits per heavy atom. The first-order valence-electron chi connectivity index (χ1n) is 7.10. The number of rotatable bonds is 4. The van der Waals surface area contributed by atoms with Crippen LogP contribution in [0.15, 0.2) is 42.5 Å². The van der Waals surface area contributed by atoms with Gasteiger partial charge in [-0.15, -0.1) is 0 Å². The largest absolute Gasteiger partial charge is 0.495 e. The maximum atomic E-state index is 12.2. The first-order chi connectivity index (χ1) is 11.5. The summed E-state index contributed by atoms with van der Waals surface area (Å²) in [5.41, 5.74) is 1.22. The third-order valence-electron chi connectivity index (χ3n) is 3.62. The van der Waals surface area contributed by atoms with E-state index in [1.165, 1.54) is 7.11 Å². The quantitative estimate of drug-likeness (QED) is 0.865. The van der Waals surface area contributed by atoms with Gasteiger partial charge in [-0.1, -0.05) is 23.7 Å². The van der Waals surface area contributed by atoms with Gasteiger partial charge in [-0.3, -0.25) is 19.3 Å². The van der Waals surface area contributed by atoms with E-state index in [4.69, 9.17) is 16.3 Å². The van der Waals surface area contributed by atoms with Gasteiger partial charge in [-0.25, -0.2) is 0 Å². The first-order valence-corrected chi connectivity index (χ1v) is 7.47. The fraction of sp³-hybridized carbons (Fsp3) is 0.118. The van der Waals surface area contributed by atoms with E-state index in [-0.39, 0.29) is 6.54 Å². The molecule has 3 rings (SSSR count). The Kier molecular flexibility index (Phi) is 4.22. The van der Waals surface area contributed by atoms with E-state index in [1.807, 2.05) is 0 Å². The summed E-state index contributed by atoms with van der Waals surface area (Å²) >= 11 is 6.01. The lowest BCUT2D eigenvalue weighted by Crippen LogP contribution is -2.37.